The lowest BCUT2D eigenvalue weighted by Gasteiger charge is -2.34. The van der Waals surface area contributed by atoms with Gasteiger partial charge in [0.2, 0.25) is 0 Å². The van der Waals surface area contributed by atoms with Crippen molar-refractivity contribution in [3.05, 3.63) is 28.5 Å². The maximum absolute atomic E-state index is 5.56. The summed E-state index contributed by atoms with van der Waals surface area (Å²) in [6.07, 6.45) is 1.08. The van der Waals surface area contributed by atoms with Gasteiger partial charge in [-0.1, -0.05) is 32.9 Å². The van der Waals surface area contributed by atoms with Gasteiger partial charge in [-0.25, -0.2) is 0 Å². The zero-order valence-electron chi connectivity index (χ0n) is 12.8. The first-order chi connectivity index (χ1) is 8.62. The van der Waals surface area contributed by atoms with Gasteiger partial charge in [0.15, 0.2) is 4.77 Å². The Morgan fingerprint density at radius 1 is 1.16 bits per heavy atom. The van der Waals surface area contributed by atoms with Crippen LogP contribution in [0.2, 0.25) is 0 Å². The number of fused-ring (bicyclic) bond motifs is 1. The van der Waals surface area contributed by atoms with Crippen LogP contribution in [0, 0.1) is 17.1 Å². The summed E-state index contributed by atoms with van der Waals surface area (Å²) in [7, 11) is 0. The van der Waals surface area contributed by atoms with Crippen molar-refractivity contribution in [2.45, 2.75) is 53.5 Å². The molecule has 3 heteroatoms. The third-order valence-electron chi connectivity index (χ3n) is 3.49. The predicted molar refractivity (Wildman–Crippen MR) is 85.3 cm³/mol. The first kappa shape index (κ1) is 14.3. The minimum Gasteiger partial charge on any atom is -0.330 e. The average molecular weight is 276 g/mol. The lowest BCUT2D eigenvalue weighted by atomic mass is 9.81. The highest BCUT2D eigenvalue weighted by atomic mass is 32.1. The fraction of sp³-hybridized carbons (Fsp3) is 0.562. The molecule has 0 unspecified atom stereocenters. The van der Waals surface area contributed by atoms with E-state index in [1.807, 2.05) is 0 Å². The van der Waals surface area contributed by atoms with E-state index in [0.29, 0.717) is 0 Å². The Labute approximate surface area is 120 Å². The number of hydrogen-bond donors (Lipinski definition) is 1. The van der Waals surface area contributed by atoms with Gasteiger partial charge in [-0.15, -0.1) is 0 Å². The molecule has 0 aliphatic carbocycles. The maximum atomic E-state index is 5.56. The smallest absolute Gasteiger partial charge is 0.178 e. The Balaban J connectivity index is 2.66. The Morgan fingerprint density at radius 2 is 1.79 bits per heavy atom. The molecule has 104 valence electrons. The molecular weight excluding hydrogens is 252 g/mol. The van der Waals surface area contributed by atoms with Crippen molar-refractivity contribution in [2.24, 2.45) is 5.41 Å². The summed E-state index contributed by atoms with van der Waals surface area (Å²) in [6, 6.07) is 6.37. The van der Waals surface area contributed by atoms with E-state index in [9.17, 15) is 0 Å². The van der Waals surface area contributed by atoms with E-state index in [1.165, 1.54) is 11.1 Å². The molecule has 0 saturated carbocycles. The molecular formula is C16H24N2S. The summed E-state index contributed by atoms with van der Waals surface area (Å²) in [6.45, 7) is 13.5. The third-order valence-corrected chi connectivity index (χ3v) is 3.78. The molecule has 1 aromatic carbocycles. The van der Waals surface area contributed by atoms with Crippen LogP contribution in [0.15, 0.2) is 18.2 Å². The molecule has 0 spiro atoms. The third kappa shape index (κ3) is 2.76. The van der Waals surface area contributed by atoms with Crippen LogP contribution >= 0.6 is 12.2 Å². The van der Waals surface area contributed by atoms with Crippen LogP contribution in [0.5, 0.6) is 0 Å². The maximum Gasteiger partial charge on any atom is 0.178 e. The number of aryl methyl sites for hydroxylation is 1. The molecule has 0 aliphatic rings. The molecule has 2 nitrogen and oxygen atoms in total. The summed E-state index contributed by atoms with van der Waals surface area (Å²) in [5.41, 5.74) is 3.88. The molecule has 0 fully saturated rings. The Morgan fingerprint density at radius 3 is 2.37 bits per heavy atom. The molecule has 0 saturated heterocycles. The number of aromatic amines is 1. The number of nitrogens with one attached hydrogen (secondary N) is 1. The lowest BCUT2D eigenvalue weighted by Crippen LogP contribution is -2.31. The SMILES string of the molecule is Cc1cccc2c1[nH]c(=S)n2C(C)(C)CC(C)(C)C. The van der Waals surface area contributed by atoms with Crippen LogP contribution in [-0.2, 0) is 5.54 Å². The summed E-state index contributed by atoms with van der Waals surface area (Å²) in [5.74, 6) is 0. The second-order valence-corrected chi connectivity index (χ2v) is 7.67. The van der Waals surface area contributed by atoms with Gasteiger partial charge < -0.3 is 9.55 Å². The normalized spacial score (nSPS) is 13.2. The molecule has 2 rings (SSSR count). The van der Waals surface area contributed by atoms with Gasteiger partial charge >= 0.3 is 0 Å². The Bertz CT molecular complexity index is 653. The van der Waals surface area contributed by atoms with Gasteiger partial charge in [-0.05, 0) is 56.5 Å². The summed E-state index contributed by atoms with van der Waals surface area (Å²) in [4.78, 5) is 3.36. The average Bonchev–Trinajstić information content (AvgIpc) is 2.52. The first-order valence-electron chi connectivity index (χ1n) is 6.83. The molecule has 0 bridgehead atoms. The molecule has 1 N–H and O–H groups in total. The van der Waals surface area contributed by atoms with Crippen LogP contribution in [0.1, 0.15) is 46.6 Å². The van der Waals surface area contributed by atoms with E-state index in [0.717, 1.165) is 16.7 Å². The molecule has 0 aliphatic heterocycles. The highest BCUT2D eigenvalue weighted by molar-refractivity contribution is 7.71. The van der Waals surface area contributed by atoms with Gasteiger partial charge in [-0.2, -0.15) is 0 Å². The number of hydrogen-bond acceptors (Lipinski definition) is 1. The standard InChI is InChI=1S/C16H24N2S/c1-11-8-7-9-12-13(11)17-14(19)18(12)16(5,6)10-15(2,3)4/h7-9H,10H2,1-6H3,(H,17,19). The highest BCUT2D eigenvalue weighted by Crippen LogP contribution is 2.35. The predicted octanol–water partition coefficient (Wildman–Crippen LogP) is 5.18. The van der Waals surface area contributed by atoms with Crippen molar-refractivity contribution >= 4 is 23.3 Å². The van der Waals surface area contributed by atoms with Crippen molar-refractivity contribution in [3.63, 3.8) is 0 Å². The number of imidazole rings is 1. The largest absolute Gasteiger partial charge is 0.330 e. The van der Waals surface area contributed by atoms with Crippen molar-refractivity contribution in [1.29, 1.82) is 0 Å². The van der Waals surface area contributed by atoms with Crippen LogP contribution in [0.25, 0.3) is 11.0 Å². The molecule has 0 amide bonds. The van der Waals surface area contributed by atoms with Gasteiger partial charge in [0.25, 0.3) is 0 Å². The van der Waals surface area contributed by atoms with Crippen molar-refractivity contribution < 1.29 is 0 Å². The molecule has 0 atom stereocenters. The van der Waals surface area contributed by atoms with Gasteiger partial charge in [-0.3, -0.25) is 0 Å². The van der Waals surface area contributed by atoms with E-state index < -0.39 is 0 Å². The summed E-state index contributed by atoms with van der Waals surface area (Å²) in [5, 5.41) is 0. The quantitative estimate of drug-likeness (QED) is 0.750. The molecule has 1 heterocycles. The van der Waals surface area contributed by atoms with Crippen LogP contribution in [0.3, 0.4) is 0 Å². The number of aromatic nitrogens is 2. The second-order valence-electron chi connectivity index (χ2n) is 7.28. The van der Waals surface area contributed by atoms with E-state index >= 15 is 0 Å². The van der Waals surface area contributed by atoms with Crippen molar-refractivity contribution in [3.8, 4) is 0 Å². The fourth-order valence-corrected chi connectivity index (χ4v) is 3.70. The highest BCUT2D eigenvalue weighted by Gasteiger charge is 2.29. The minimum atomic E-state index is 0.00137. The second kappa shape index (κ2) is 4.48. The van der Waals surface area contributed by atoms with E-state index in [2.05, 4.69) is 69.3 Å². The number of H-pyrrole nitrogens is 1. The zero-order chi connectivity index (χ0) is 14.4. The van der Waals surface area contributed by atoms with E-state index in [-0.39, 0.29) is 11.0 Å². The van der Waals surface area contributed by atoms with Gasteiger partial charge in [0.1, 0.15) is 0 Å². The number of para-hydroxylation sites is 1. The fourth-order valence-electron chi connectivity index (χ4n) is 3.25. The van der Waals surface area contributed by atoms with Crippen LogP contribution in [-0.4, -0.2) is 9.55 Å². The lowest BCUT2D eigenvalue weighted by molar-refractivity contribution is 0.217. The number of benzene rings is 1. The zero-order valence-corrected chi connectivity index (χ0v) is 13.6. The number of nitrogens with zero attached hydrogens (tertiary/aromatic N) is 1. The summed E-state index contributed by atoms with van der Waals surface area (Å²) < 4.78 is 3.09. The molecule has 19 heavy (non-hydrogen) atoms. The van der Waals surface area contributed by atoms with Crippen LogP contribution in [0.4, 0.5) is 0 Å². The minimum absolute atomic E-state index is 0.00137. The number of rotatable bonds is 2. The Hall–Kier alpha value is -1.09. The molecule has 1 aromatic heterocycles. The van der Waals surface area contributed by atoms with Crippen LogP contribution < -0.4 is 0 Å². The molecule has 2 aromatic rings. The Kier molecular flexibility index (Phi) is 3.38. The van der Waals surface area contributed by atoms with Gasteiger partial charge in [0.05, 0.1) is 11.0 Å². The van der Waals surface area contributed by atoms with Crippen molar-refractivity contribution in [2.75, 3.05) is 0 Å². The molecule has 0 radical (unpaired) electrons. The first-order valence-corrected chi connectivity index (χ1v) is 7.23. The van der Waals surface area contributed by atoms with Gasteiger partial charge in [0, 0.05) is 5.54 Å². The van der Waals surface area contributed by atoms with Crippen molar-refractivity contribution in [1.82, 2.24) is 9.55 Å². The topological polar surface area (TPSA) is 20.7 Å². The van der Waals surface area contributed by atoms with E-state index in [1.54, 1.807) is 0 Å². The summed E-state index contributed by atoms with van der Waals surface area (Å²) >= 11 is 5.56. The van der Waals surface area contributed by atoms with E-state index in [4.69, 9.17) is 12.2 Å². The monoisotopic (exact) mass is 276 g/mol.